The molecule has 0 bridgehead atoms. The fourth-order valence-corrected chi connectivity index (χ4v) is 12.5. The maximum Gasteiger partial charge on any atom is 0.694 e. The highest BCUT2D eigenvalue weighted by Gasteiger charge is 2.28. The molecule has 116 heavy (non-hydrogen) atoms. The van der Waals surface area contributed by atoms with Crippen LogP contribution in [0, 0.1) is 28.1 Å². The SMILES string of the molecule is CC(=S)NCC(C)COc1ccc(-n2c(Sc3ccc(B(O)O)cc3)n[nH]c2=S)cc1.CCNC(=S)NCc1c(F)c(F)c(S)c(F)c1C(=O)O.CCOC(=S)Nc1cc(NCCCO[P+](=O)O)cc(-c2nn[nH]n2)c1.O=C(O)c1ccc(NC(=S)Nc2cccc(S)c2)cc1.O=C(O)c1cccc(NC(=S)NCN2CCNC2=S)c1. The summed E-state index contributed by atoms with van der Waals surface area (Å²) in [6, 6.07) is 40.4. The molecule has 1 aliphatic heterocycles. The van der Waals surface area contributed by atoms with Crippen LogP contribution in [0.3, 0.4) is 0 Å². The molecule has 9 aromatic rings. The summed E-state index contributed by atoms with van der Waals surface area (Å²) in [4.78, 5) is 44.7. The number of hydrogen-bond donors (Lipinski definition) is 20. The number of tetrazole rings is 1. The molecule has 46 heteroatoms. The minimum Gasteiger partial charge on any atom is -0.493 e. The van der Waals surface area contributed by atoms with Gasteiger partial charge in [0.15, 0.2) is 43.1 Å². The van der Waals surface area contributed by atoms with Gasteiger partial charge in [-0.15, -0.1) is 50.0 Å². The van der Waals surface area contributed by atoms with Crippen LogP contribution < -0.4 is 63.4 Å². The van der Waals surface area contributed by atoms with Crippen molar-refractivity contribution in [2.75, 3.05) is 85.8 Å². The second-order valence-corrected chi connectivity index (χ2v) is 29.3. The minimum absolute atomic E-state index is 0.110. The molecule has 31 nitrogen and oxygen atoms in total. The second kappa shape index (κ2) is 49.3. The normalized spacial score (nSPS) is 11.4. The Labute approximate surface area is 717 Å². The van der Waals surface area contributed by atoms with Crippen LogP contribution in [-0.2, 0) is 20.4 Å². The van der Waals surface area contributed by atoms with Crippen molar-refractivity contribution in [2.24, 2.45) is 5.92 Å². The number of nitrogens with zero attached hydrogens (tertiary/aromatic N) is 6. The first-order chi connectivity index (χ1) is 55.3. The summed E-state index contributed by atoms with van der Waals surface area (Å²) in [6.45, 7) is 12.3. The van der Waals surface area contributed by atoms with Crippen molar-refractivity contribution in [1.29, 1.82) is 0 Å². The topological polar surface area (TPSA) is 429 Å². The van der Waals surface area contributed by atoms with Gasteiger partial charge in [-0.2, -0.15) is 5.21 Å². The molecule has 2 atom stereocenters. The standard InChI is InChI=1S/C20H23BN4O3S3.C14H12N2O2S2.C13H17N6O4PS.C12H14N4O2S2.C11H11F3N2O2S2/c1-13(11-22-14(2)29)12-28-17-7-5-16(6-8-17)25-19(30)23-24-20(25)31-18-9-3-15(4-10-18)21(26)27;17-13(18)9-4-6-10(7-5-9)15-14(20)16-11-2-1-3-12(19)8-11;1-2-22-13(25)15-11-7-9(12-16-18-19-17-12)6-10(8-11)14-4-3-5-23-24(20)21;17-10(18)8-2-1-3-9(6-8)15-11(19)14-7-16-5-4-13-12(16)20;1-2-15-11(20)16-3-4-5(10(17)18)7(13)9(19)8(14)6(4)12/h3-10,13,26-27H,11-12H2,1-2H3,(H,22,29)(H,23,30);1-8,19H,(H,17,18)(H2,15,16,20);6-8,14H,2-5H2,1H3,(H2-,15,16,17,18,19,20,21,25);1-3,6H,4-5,7H2,(H,13,20)(H,17,18)(H2,14,15,19);19H,2-3H2,1H3,(H,17,18)(H2,15,16,20)/p+1. The van der Waals surface area contributed by atoms with E-state index >= 15 is 0 Å². The summed E-state index contributed by atoms with van der Waals surface area (Å²) in [6.07, 6.45) is 0.564. The molecule has 1 saturated heterocycles. The molecule has 2 aromatic heterocycles. The van der Waals surface area contributed by atoms with Crippen LogP contribution in [0.25, 0.3) is 17.1 Å². The number of carboxylic acid groups (broad SMARTS) is 3. The maximum absolute atomic E-state index is 13.7. The highest BCUT2D eigenvalue weighted by molar-refractivity contribution is 7.99. The Balaban J connectivity index is 0.000000228. The Morgan fingerprint density at radius 1 is 0.724 bits per heavy atom. The average molecular weight is 1800 g/mol. The van der Waals surface area contributed by atoms with Crippen molar-refractivity contribution in [1.82, 2.24) is 66.9 Å². The van der Waals surface area contributed by atoms with Crippen molar-refractivity contribution in [2.45, 2.75) is 60.5 Å². The number of thiol groups is 2. The summed E-state index contributed by atoms with van der Waals surface area (Å²) in [7, 11) is -4.05. The highest BCUT2D eigenvalue weighted by Crippen LogP contribution is 2.31. The first-order valence-corrected chi connectivity index (χ1v) is 39.9. The van der Waals surface area contributed by atoms with Crippen molar-refractivity contribution in [3.05, 3.63) is 184 Å². The lowest BCUT2D eigenvalue weighted by atomic mass is 9.81. The van der Waals surface area contributed by atoms with E-state index in [1.165, 1.54) is 36.0 Å². The molecule has 7 aromatic carbocycles. The van der Waals surface area contributed by atoms with Gasteiger partial charge in [-0.25, -0.2) is 27.6 Å². The van der Waals surface area contributed by atoms with Crippen LogP contribution in [0.4, 0.5) is 41.6 Å². The van der Waals surface area contributed by atoms with E-state index in [9.17, 15) is 42.2 Å². The Bertz CT molecular complexity index is 4950. The number of benzene rings is 7. The lowest BCUT2D eigenvalue weighted by Crippen LogP contribution is -2.41. The summed E-state index contributed by atoms with van der Waals surface area (Å²) in [5, 5.41) is 98.3. The van der Waals surface area contributed by atoms with Crippen LogP contribution in [0.1, 0.15) is 70.8 Å². The van der Waals surface area contributed by atoms with Crippen molar-refractivity contribution in [3.63, 3.8) is 0 Å². The Morgan fingerprint density at radius 3 is 1.99 bits per heavy atom. The fourth-order valence-electron chi connectivity index (χ4n) is 9.43. The summed E-state index contributed by atoms with van der Waals surface area (Å²) in [5.41, 5.74) is 4.51. The monoisotopic (exact) mass is 1800 g/mol. The molecule has 18 N–H and O–H groups in total. The number of aromatic amines is 2. The number of ether oxygens (including phenoxy) is 2. The van der Waals surface area contributed by atoms with Gasteiger partial charge >= 0.3 is 33.3 Å². The fraction of sp³-hybridized carbons (Fsp3) is 0.229. The second-order valence-electron chi connectivity index (χ2n) is 23.6. The number of carboxylic acids is 3. The zero-order valence-electron chi connectivity index (χ0n) is 61.7. The lowest BCUT2D eigenvalue weighted by molar-refractivity contribution is 0.0679. The minimum atomic E-state index is -2.56. The third-order valence-corrected chi connectivity index (χ3v) is 18.7. The number of halogens is 3. The molecular formula is C70H78BF3N18O13PS10+. The first-order valence-electron chi connectivity index (χ1n) is 34.2. The van der Waals surface area contributed by atoms with Gasteiger partial charge in [-0.1, -0.05) is 43.4 Å². The number of H-pyrrole nitrogens is 2. The van der Waals surface area contributed by atoms with Gasteiger partial charge in [0, 0.05) is 99.1 Å². The van der Waals surface area contributed by atoms with Crippen molar-refractivity contribution < 1.29 is 76.4 Å². The molecule has 1 fully saturated rings. The van der Waals surface area contributed by atoms with E-state index in [0.717, 1.165) is 68.5 Å². The number of rotatable bonds is 29. The van der Waals surface area contributed by atoms with Crippen LogP contribution in [0.2, 0.25) is 0 Å². The summed E-state index contributed by atoms with van der Waals surface area (Å²) >= 11 is 44.9. The molecule has 0 saturated carbocycles. The molecule has 0 spiro atoms. The highest BCUT2D eigenvalue weighted by atomic mass is 32.2. The van der Waals surface area contributed by atoms with Crippen molar-refractivity contribution >= 4 is 220 Å². The van der Waals surface area contributed by atoms with E-state index < -0.39 is 73.3 Å². The van der Waals surface area contributed by atoms with E-state index in [1.807, 2.05) is 90.0 Å². The molecule has 2 unspecified atom stereocenters. The molecular weight excluding hydrogens is 1720 g/mol. The maximum atomic E-state index is 13.7. The zero-order chi connectivity index (χ0) is 85.0. The summed E-state index contributed by atoms with van der Waals surface area (Å²) in [5.74, 6) is -6.55. The van der Waals surface area contributed by atoms with E-state index in [2.05, 4.69) is 121 Å². The summed E-state index contributed by atoms with van der Waals surface area (Å²) < 4.78 is 69.3. The van der Waals surface area contributed by atoms with E-state index in [4.69, 9.17) is 115 Å². The first kappa shape index (κ1) is 95.0. The van der Waals surface area contributed by atoms with E-state index in [-0.39, 0.29) is 28.0 Å². The van der Waals surface area contributed by atoms with Crippen molar-refractivity contribution in [3.8, 4) is 22.8 Å². The van der Waals surface area contributed by atoms with Gasteiger partial charge < -0.3 is 92.9 Å². The quantitative estimate of drug-likeness (QED) is 0.00517. The molecule has 614 valence electrons. The van der Waals surface area contributed by atoms with Crippen LogP contribution >= 0.6 is 131 Å². The Kier molecular flexibility index (Phi) is 40.4. The number of anilines is 5. The lowest BCUT2D eigenvalue weighted by Gasteiger charge is -2.18. The number of aromatic carboxylic acids is 3. The van der Waals surface area contributed by atoms with Gasteiger partial charge in [-0.05, 0) is 238 Å². The third kappa shape index (κ3) is 32.7. The van der Waals surface area contributed by atoms with Gasteiger partial charge in [0.05, 0.1) is 46.6 Å². The molecule has 1 aliphatic rings. The Morgan fingerprint density at radius 2 is 1.39 bits per heavy atom. The third-order valence-electron chi connectivity index (χ3n) is 14.9. The van der Waals surface area contributed by atoms with E-state index in [0.29, 0.717) is 93.2 Å². The Hall–Kier alpha value is -9.84. The predicted octanol–water partition coefficient (Wildman–Crippen LogP) is 11.2. The number of thiocarbonyl (C=S) groups is 6. The molecule has 0 amide bonds. The number of hydrogen-bond acceptors (Lipinski definition) is 24. The van der Waals surface area contributed by atoms with E-state index in [1.54, 1.807) is 55.5 Å². The molecule has 0 aliphatic carbocycles. The van der Waals surface area contributed by atoms with Gasteiger partial charge in [0.2, 0.25) is 10.6 Å². The van der Waals surface area contributed by atoms with Crippen LogP contribution in [0.15, 0.2) is 159 Å². The number of carbonyl (C=O) groups is 3. The zero-order valence-corrected chi connectivity index (χ0v) is 70.9. The largest absolute Gasteiger partial charge is 0.694 e. The predicted molar refractivity (Wildman–Crippen MR) is 472 cm³/mol. The molecule has 3 heterocycles. The van der Waals surface area contributed by atoms with Gasteiger partial charge in [0.1, 0.15) is 17.9 Å². The number of nitrogens with one attached hydrogen (secondary N) is 12. The average Bonchev–Trinajstić information content (AvgIpc) is 1.07. The van der Waals surface area contributed by atoms with Gasteiger partial charge in [0.25, 0.3) is 5.17 Å². The van der Waals surface area contributed by atoms with Crippen LogP contribution in [-0.4, -0.2) is 185 Å². The molecule has 10 rings (SSSR count). The van der Waals surface area contributed by atoms with Crippen LogP contribution in [0.5, 0.6) is 5.75 Å². The van der Waals surface area contributed by atoms with Gasteiger partial charge in [-0.3, -0.25) is 9.67 Å². The smallest absolute Gasteiger partial charge is 0.493 e. The molecule has 0 radical (unpaired) electrons. The number of aromatic nitrogens is 7.